The van der Waals surface area contributed by atoms with Gasteiger partial charge in [-0.25, -0.2) is 23.9 Å². The molecule has 4 aromatic heterocycles. The van der Waals surface area contributed by atoms with Gasteiger partial charge in [-0.3, -0.25) is 4.68 Å². The second-order valence-electron chi connectivity index (χ2n) is 10.7. The van der Waals surface area contributed by atoms with Gasteiger partial charge < -0.3 is 14.7 Å². The van der Waals surface area contributed by atoms with Crippen molar-refractivity contribution in [1.82, 2.24) is 34.3 Å². The largest absolute Gasteiger partial charge is 0.381 e. The summed E-state index contributed by atoms with van der Waals surface area (Å²) < 4.78 is 22.7. The van der Waals surface area contributed by atoms with Crippen LogP contribution in [0.4, 0.5) is 10.3 Å². The standard InChI is InChI=1S/C30H29FN8O2/c1-30(40,23-2-4-25(31)5-3-23)24-14-32-29(33-15-24)37-9-6-20(7-10-37)28-27-12-21(16-39(27)36-19-34-28)22-13-35-38(17-22)26-8-11-41-18-26/h2-6,12-17,19,26,40H,7-11,18H2,1H3. The lowest BCUT2D eigenvalue weighted by molar-refractivity contribution is 0.101. The molecule has 0 radical (unpaired) electrons. The summed E-state index contributed by atoms with van der Waals surface area (Å²) in [7, 11) is 0. The Balaban J connectivity index is 1.09. The molecular formula is C30H29FN8O2. The van der Waals surface area contributed by atoms with Gasteiger partial charge in [0.25, 0.3) is 0 Å². The number of fused-ring (bicyclic) bond motifs is 1. The first-order valence-corrected chi connectivity index (χ1v) is 13.7. The van der Waals surface area contributed by atoms with Gasteiger partial charge in [-0.05, 0) is 49.1 Å². The van der Waals surface area contributed by atoms with Crippen LogP contribution in [0.15, 0.2) is 73.7 Å². The molecule has 2 aliphatic heterocycles. The van der Waals surface area contributed by atoms with Crippen molar-refractivity contribution in [2.45, 2.75) is 31.4 Å². The van der Waals surface area contributed by atoms with Crippen LogP contribution in [-0.4, -0.2) is 65.8 Å². The number of rotatable bonds is 6. The average molecular weight is 553 g/mol. The Bertz CT molecular complexity index is 1720. The van der Waals surface area contributed by atoms with Crippen LogP contribution in [0.25, 0.3) is 22.2 Å². The predicted octanol–water partition coefficient (Wildman–Crippen LogP) is 4.03. The lowest BCUT2D eigenvalue weighted by Crippen LogP contribution is -2.30. The number of nitrogens with zero attached hydrogens (tertiary/aromatic N) is 8. The topological polar surface area (TPSA) is 106 Å². The van der Waals surface area contributed by atoms with Crippen LogP contribution in [0.5, 0.6) is 0 Å². The second kappa shape index (κ2) is 10.2. The molecule has 1 saturated heterocycles. The Morgan fingerprint density at radius 1 is 1.00 bits per heavy atom. The van der Waals surface area contributed by atoms with Crippen molar-refractivity contribution in [2.75, 3.05) is 31.2 Å². The molecule has 0 aliphatic carbocycles. The molecule has 1 N–H and O–H groups in total. The van der Waals surface area contributed by atoms with Crippen LogP contribution >= 0.6 is 0 Å². The number of hydrogen-bond donors (Lipinski definition) is 1. The highest BCUT2D eigenvalue weighted by Gasteiger charge is 2.27. The highest BCUT2D eigenvalue weighted by molar-refractivity contribution is 5.80. The van der Waals surface area contributed by atoms with E-state index >= 15 is 0 Å². The summed E-state index contributed by atoms with van der Waals surface area (Å²) in [6, 6.07) is 8.20. The van der Waals surface area contributed by atoms with E-state index < -0.39 is 5.60 Å². The van der Waals surface area contributed by atoms with E-state index in [1.807, 2.05) is 21.6 Å². The van der Waals surface area contributed by atoms with Gasteiger partial charge in [0.15, 0.2) is 0 Å². The third-order valence-electron chi connectivity index (χ3n) is 8.02. The number of benzene rings is 1. The Morgan fingerprint density at radius 2 is 1.83 bits per heavy atom. The minimum atomic E-state index is -1.33. The Labute approximate surface area is 235 Å². The average Bonchev–Trinajstić information content (AvgIpc) is 3.78. The molecule has 5 aromatic rings. The van der Waals surface area contributed by atoms with Crippen LogP contribution in [0.3, 0.4) is 0 Å². The van der Waals surface area contributed by atoms with Crippen molar-refractivity contribution in [2.24, 2.45) is 0 Å². The van der Waals surface area contributed by atoms with Gasteiger partial charge in [-0.15, -0.1) is 0 Å². The smallest absolute Gasteiger partial charge is 0.225 e. The quantitative estimate of drug-likeness (QED) is 0.337. The summed E-state index contributed by atoms with van der Waals surface area (Å²) in [5.74, 6) is 0.234. The number of ether oxygens (including phenoxy) is 1. The summed E-state index contributed by atoms with van der Waals surface area (Å²) in [5.41, 5.74) is 4.86. The highest BCUT2D eigenvalue weighted by Crippen LogP contribution is 2.31. The van der Waals surface area contributed by atoms with Crippen molar-refractivity contribution in [1.29, 1.82) is 0 Å². The summed E-state index contributed by atoms with van der Waals surface area (Å²) in [6.07, 6.45) is 14.7. The molecule has 0 bridgehead atoms. The van der Waals surface area contributed by atoms with Crippen molar-refractivity contribution in [3.63, 3.8) is 0 Å². The van der Waals surface area contributed by atoms with Gasteiger partial charge in [-0.1, -0.05) is 18.2 Å². The lowest BCUT2D eigenvalue weighted by atomic mass is 9.90. The van der Waals surface area contributed by atoms with Crippen molar-refractivity contribution < 1.29 is 14.2 Å². The zero-order valence-electron chi connectivity index (χ0n) is 22.6. The molecule has 2 unspecified atom stereocenters. The van der Waals surface area contributed by atoms with Gasteiger partial charge in [-0.2, -0.15) is 10.2 Å². The summed E-state index contributed by atoms with van der Waals surface area (Å²) in [5, 5.41) is 20.1. The van der Waals surface area contributed by atoms with E-state index in [-0.39, 0.29) is 11.9 Å². The zero-order valence-corrected chi connectivity index (χ0v) is 22.6. The monoisotopic (exact) mass is 552 g/mol. The molecule has 2 aliphatic rings. The molecule has 41 heavy (non-hydrogen) atoms. The van der Waals surface area contributed by atoms with Crippen molar-refractivity contribution in [3.8, 4) is 11.1 Å². The van der Waals surface area contributed by atoms with Gasteiger partial charge in [0.05, 0.1) is 30.1 Å². The zero-order chi connectivity index (χ0) is 28.0. The fraction of sp³-hybridized carbons (Fsp3) is 0.300. The maximum absolute atomic E-state index is 13.3. The first-order valence-electron chi connectivity index (χ1n) is 13.7. The van der Waals surface area contributed by atoms with Gasteiger partial charge in [0.1, 0.15) is 17.7 Å². The van der Waals surface area contributed by atoms with Crippen LogP contribution < -0.4 is 4.90 Å². The normalized spacial score (nSPS) is 19.0. The molecule has 11 heteroatoms. The number of aliphatic hydroxyl groups is 1. The van der Waals surface area contributed by atoms with Crippen molar-refractivity contribution in [3.05, 3.63) is 96.4 Å². The number of halogens is 1. The maximum Gasteiger partial charge on any atom is 0.225 e. The molecule has 1 fully saturated rings. The van der Waals surface area contributed by atoms with E-state index in [4.69, 9.17) is 4.74 Å². The minimum absolute atomic E-state index is 0.287. The first kappa shape index (κ1) is 25.5. The van der Waals surface area contributed by atoms with E-state index in [9.17, 15) is 9.50 Å². The van der Waals surface area contributed by atoms with Gasteiger partial charge in [0, 0.05) is 61.2 Å². The molecule has 6 heterocycles. The molecule has 10 nitrogen and oxygen atoms in total. The first-order chi connectivity index (χ1) is 20.0. The third kappa shape index (κ3) is 4.76. The Morgan fingerprint density at radius 3 is 2.56 bits per heavy atom. The van der Waals surface area contributed by atoms with E-state index in [1.165, 1.54) is 12.1 Å². The fourth-order valence-corrected chi connectivity index (χ4v) is 5.50. The second-order valence-corrected chi connectivity index (χ2v) is 10.7. The van der Waals surface area contributed by atoms with Gasteiger partial charge in [0.2, 0.25) is 5.95 Å². The Hall–Kier alpha value is -4.48. The SMILES string of the molecule is CC(O)(c1ccc(F)cc1)c1cnc(N2CC=C(c3ncnn4cc(-c5cnn(C6CCOC6)c5)cc34)CC2)nc1. The highest BCUT2D eigenvalue weighted by atomic mass is 19.1. The number of anilines is 1. The van der Waals surface area contributed by atoms with Crippen molar-refractivity contribution >= 4 is 17.0 Å². The van der Waals surface area contributed by atoms with Crippen LogP contribution in [0.2, 0.25) is 0 Å². The predicted molar refractivity (Wildman–Crippen MR) is 151 cm³/mol. The molecule has 0 spiro atoms. The maximum atomic E-state index is 13.3. The van der Waals surface area contributed by atoms with E-state index in [0.717, 1.165) is 53.9 Å². The number of aromatic nitrogens is 7. The molecular weight excluding hydrogens is 523 g/mol. The van der Waals surface area contributed by atoms with E-state index in [1.54, 1.807) is 37.8 Å². The van der Waals surface area contributed by atoms with E-state index in [0.29, 0.717) is 30.2 Å². The fourth-order valence-electron chi connectivity index (χ4n) is 5.50. The Kier molecular flexibility index (Phi) is 6.32. The van der Waals surface area contributed by atoms with Crippen LogP contribution in [0, 0.1) is 5.82 Å². The molecule has 2 atom stereocenters. The van der Waals surface area contributed by atoms with Crippen LogP contribution in [-0.2, 0) is 10.3 Å². The van der Waals surface area contributed by atoms with E-state index in [2.05, 4.69) is 48.4 Å². The molecule has 208 valence electrons. The summed E-state index contributed by atoms with van der Waals surface area (Å²) in [6.45, 7) is 4.48. The molecule has 0 saturated carbocycles. The molecule has 1 aromatic carbocycles. The van der Waals surface area contributed by atoms with Gasteiger partial charge >= 0.3 is 0 Å². The lowest BCUT2D eigenvalue weighted by Gasteiger charge is -2.28. The number of hydrogen-bond acceptors (Lipinski definition) is 8. The minimum Gasteiger partial charge on any atom is -0.381 e. The summed E-state index contributed by atoms with van der Waals surface area (Å²) in [4.78, 5) is 15.8. The van der Waals surface area contributed by atoms with Crippen LogP contribution in [0.1, 0.15) is 42.6 Å². The molecule has 0 amide bonds. The molecule has 7 rings (SSSR count). The summed E-state index contributed by atoms with van der Waals surface area (Å²) >= 11 is 0. The third-order valence-corrected chi connectivity index (χ3v) is 8.02.